The Morgan fingerprint density at radius 1 is 1.27 bits per heavy atom. The molecule has 1 saturated heterocycles. The number of hydrogen-bond donors (Lipinski definition) is 1. The number of methoxy groups -OCH3 is 1. The molecule has 1 aliphatic rings. The lowest BCUT2D eigenvalue weighted by Gasteiger charge is -2.31. The fourth-order valence-electron chi connectivity index (χ4n) is 3.46. The number of rotatable bonds is 8. The van der Waals surface area contributed by atoms with Crippen molar-refractivity contribution in [2.24, 2.45) is 5.92 Å². The molecule has 0 spiro atoms. The number of piperidine rings is 1. The number of imidazole rings is 1. The Labute approximate surface area is 155 Å². The number of likely N-dealkylation sites (tertiary alicyclic amines) is 1. The zero-order valence-electron chi connectivity index (χ0n) is 15.4. The third kappa shape index (κ3) is 5.16. The van der Waals surface area contributed by atoms with Gasteiger partial charge in [-0.3, -0.25) is 9.69 Å². The molecule has 0 bridgehead atoms. The van der Waals surface area contributed by atoms with Gasteiger partial charge in [0.15, 0.2) is 0 Å². The summed E-state index contributed by atoms with van der Waals surface area (Å²) in [6.07, 6.45) is 6.16. The van der Waals surface area contributed by atoms with E-state index in [1.165, 1.54) is 0 Å². The summed E-state index contributed by atoms with van der Waals surface area (Å²) in [6, 6.07) is 10.3. The maximum absolute atomic E-state index is 11.9. The SMILES string of the molecule is COCCNC(=O)CN1CCC(Cn2ccnc2-c2ccccc2)CC1. The molecule has 0 radical (unpaired) electrons. The van der Waals surface area contributed by atoms with Crippen molar-refractivity contribution in [3.05, 3.63) is 42.7 Å². The maximum atomic E-state index is 11.9. The molecule has 1 aromatic carbocycles. The smallest absolute Gasteiger partial charge is 0.234 e. The van der Waals surface area contributed by atoms with E-state index in [9.17, 15) is 4.79 Å². The van der Waals surface area contributed by atoms with Crippen LogP contribution in [0.2, 0.25) is 0 Å². The molecule has 26 heavy (non-hydrogen) atoms. The average molecular weight is 356 g/mol. The van der Waals surface area contributed by atoms with Crippen molar-refractivity contribution in [3.8, 4) is 11.4 Å². The van der Waals surface area contributed by atoms with Crippen molar-refractivity contribution < 1.29 is 9.53 Å². The number of carbonyl (C=O) groups is 1. The first-order chi connectivity index (χ1) is 12.8. The molecule has 0 atom stereocenters. The van der Waals surface area contributed by atoms with Gasteiger partial charge in [0.25, 0.3) is 0 Å². The summed E-state index contributed by atoms with van der Waals surface area (Å²) in [4.78, 5) is 18.7. The standard InChI is InChI=1S/C20H28N4O2/c1-26-14-10-21-19(25)16-23-11-7-17(8-12-23)15-24-13-9-22-20(24)18-5-3-2-4-6-18/h2-6,9,13,17H,7-8,10-12,14-16H2,1H3,(H,21,25). The number of ether oxygens (including phenoxy) is 1. The van der Waals surface area contributed by atoms with Crippen LogP contribution in [0, 0.1) is 5.92 Å². The number of nitrogens with zero attached hydrogens (tertiary/aromatic N) is 3. The van der Waals surface area contributed by atoms with Gasteiger partial charge in [0.2, 0.25) is 5.91 Å². The molecular weight excluding hydrogens is 328 g/mol. The van der Waals surface area contributed by atoms with Crippen molar-refractivity contribution in [2.75, 3.05) is 39.9 Å². The van der Waals surface area contributed by atoms with Gasteiger partial charge in [0, 0.05) is 38.2 Å². The van der Waals surface area contributed by atoms with Crippen LogP contribution >= 0.6 is 0 Å². The lowest BCUT2D eigenvalue weighted by Crippen LogP contribution is -2.42. The number of carbonyl (C=O) groups excluding carboxylic acids is 1. The van der Waals surface area contributed by atoms with Crippen molar-refractivity contribution in [1.82, 2.24) is 19.8 Å². The van der Waals surface area contributed by atoms with Gasteiger partial charge in [-0.25, -0.2) is 4.98 Å². The highest BCUT2D eigenvalue weighted by atomic mass is 16.5. The maximum Gasteiger partial charge on any atom is 0.234 e. The summed E-state index contributed by atoms with van der Waals surface area (Å²) in [5.74, 6) is 1.74. The van der Waals surface area contributed by atoms with Crippen LogP contribution in [0.25, 0.3) is 11.4 Å². The van der Waals surface area contributed by atoms with Gasteiger partial charge in [-0.2, -0.15) is 0 Å². The molecule has 140 valence electrons. The fourth-order valence-corrected chi connectivity index (χ4v) is 3.46. The van der Waals surface area contributed by atoms with Crippen LogP contribution in [0.15, 0.2) is 42.7 Å². The summed E-state index contributed by atoms with van der Waals surface area (Å²) in [6.45, 7) is 4.54. The molecule has 1 amide bonds. The normalized spacial score (nSPS) is 15.9. The largest absolute Gasteiger partial charge is 0.383 e. The molecule has 0 aliphatic carbocycles. The van der Waals surface area contributed by atoms with E-state index in [2.05, 4.69) is 38.1 Å². The Hall–Kier alpha value is -2.18. The Bertz CT molecular complexity index is 678. The van der Waals surface area contributed by atoms with Crippen LogP contribution in [-0.4, -0.2) is 60.3 Å². The van der Waals surface area contributed by atoms with Crippen LogP contribution in [0.5, 0.6) is 0 Å². The second-order valence-electron chi connectivity index (χ2n) is 6.83. The Kier molecular flexibility index (Phi) is 6.80. The van der Waals surface area contributed by atoms with Crippen molar-refractivity contribution in [1.29, 1.82) is 0 Å². The summed E-state index contributed by atoms with van der Waals surface area (Å²) in [7, 11) is 1.64. The highest BCUT2D eigenvalue weighted by Gasteiger charge is 2.21. The molecule has 2 aromatic rings. The molecule has 1 aliphatic heterocycles. The number of nitrogens with one attached hydrogen (secondary N) is 1. The number of benzene rings is 1. The fraction of sp³-hybridized carbons (Fsp3) is 0.500. The highest BCUT2D eigenvalue weighted by molar-refractivity contribution is 5.78. The third-order valence-electron chi connectivity index (χ3n) is 4.91. The van der Waals surface area contributed by atoms with Gasteiger partial charge in [0.1, 0.15) is 5.82 Å². The van der Waals surface area contributed by atoms with Gasteiger partial charge in [-0.05, 0) is 31.8 Å². The van der Waals surface area contributed by atoms with Gasteiger partial charge in [-0.1, -0.05) is 30.3 Å². The van der Waals surface area contributed by atoms with E-state index in [0.29, 0.717) is 25.6 Å². The van der Waals surface area contributed by atoms with Gasteiger partial charge in [0.05, 0.1) is 13.2 Å². The minimum Gasteiger partial charge on any atom is -0.383 e. The van der Waals surface area contributed by atoms with E-state index in [1.807, 2.05) is 24.4 Å². The second-order valence-corrected chi connectivity index (χ2v) is 6.83. The van der Waals surface area contributed by atoms with Crippen LogP contribution in [0.4, 0.5) is 0 Å². The van der Waals surface area contributed by atoms with Crippen LogP contribution in [-0.2, 0) is 16.1 Å². The summed E-state index contributed by atoms with van der Waals surface area (Å²) >= 11 is 0. The number of hydrogen-bond acceptors (Lipinski definition) is 4. The molecular formula is C20H28N4O2. The van der Waals surface area contributed by atoms with E-state index in [1.54, 1.807) is 7.11 Å². The third-order valence-corrected chi connectivity index (χ3v) is 4.91. The predicted octanol–water partition coefficient (Wildman–Crippen LogP) is 2.02. The summed E-state index contributed by atoms with van der Waals surface area (Å²) < 4.78 is 7.21. The van der Waals surface area contributed by atoms with E-state index < -0.39 is 0 Å². The summed E-state index contributed by atoms with van der Waals surface area (Å²) in [5.41, 5.74) is 1.16. The summed E-state index contributed by atoms with van der Waals surface area (Å²) in [5, 5.41) is 2.89. The second kappa shape index (κ2) is 9.50. The molecule has 1 N–H and O–H groups in total. The van der Waals surface area contributed by atoms with Crippen molar-refractivity contribution in [2.45, 2.75) is 19.4 Å². The highest BCUT2D eigenvalue weighted by Crippen LogP contribution is 2.23. The average Bonchev–Trinajstić information content (AvgIpc) is 3.12. The minimum absolute atomic E-state index is 0.0847. The van der Waals surface area contributed by atoms with E-state index in [0.717, 1.165) is 43.9 Å². The molecule has 2 heterocycles. The van der Waals surface area contributed by atoms with Crippen LogP contribution in [0.3, 0.4) is 0 Å². The molecule has 0 saturated carbocycles. The Balaban J connectivity index is 1.46. The van der Waals surface area contributed by atoms with Crippen molar-refractivity contribution >= 4 is 5.91 Å². The lowest BCUT2D eigenvalue weighted by molar-refractivity contribution is -0.122. The number of amides is 1. The topological polar surface area (TPSA) is 59.4 Å². The number of aromatic nitrogens is 2. The van der Waals surface area contributed by atoms with Crippen LogP contribution < -0.4 is 5.32 Å². The molecule has 3 rings (SSSR count). The zero-order chi connectivity index (χ0) is 18.2. The van der Waals surface area contributed by atoms with Gasteiger partial charge in [-0.15, -0.1) is 0 Å². The first-order valence-corrected chi connectivity index (χ1v) is 9.31. The monoisotopic (exact) mass is 356 g/mol. The minimum atomic E-state index is 0.0847. The quantitative estimate of drug-likeness (QED) is 0.735. The van der Waals surface area contributed by atoms with E-state index in [-0.39, 0.29) is 5.91 Å². The predicted molar refractivity (Wildman–Crippen MR) is 102 cm³/mol. The molecule has 1 aromatic heterocycles. The van der Waals surface area contributed by atoms with Gasteiger partial charge < -0.3 is 14.6 Å². The molecule has 6 nitrogen and oxygen atoms in total. The van der Waals surface area contributed by atoms with E-state index >= 15 is 0 Å². The lowest BCUT2D eigenvalue weighted by atomic mass is 9.96. The van der Waals surface area contributed by atoms with E-state index in [4.69, 9.17) is 4.74 Å². The Morgan fingerprint density at radius 2 is 2.04 bits per heavy atom. The molecule has 0 unspecified atom stereocenters. The van der Waals surface area contributed by atoms with Crippen molar-refractivity contribution in [3.63, 3.8) is 0 Å². The first kappa shape index (κ1) is 18.6. The van der Waals surface area contributed by atoms with Crippen LogP contribution in [0.1, 0.15) is 12.8 Å². The molecule has 1 fully saturated rings. The first-order valence-electron chi connectivity index (χ1n) is 9.31. The Morgan fingerprint density at radius 3 is 2.77 bits per heavy atom. The van der Waals surface area contributed by atoms with Gasteiger partial charge >= 0.3 is 0 Å². The zero-order valence-corrected chi connectivity index (χ0v) is 15.4. The molecule has 6 heteroatoms.